The Labute approximate surface area is 167 Å². The lowest BCUT2D eigenvalue weighted by atomic mass is 9.96. The van der Waals surface area contributed by atoms with Crippen LogP contribution in [0.5, 0.6) is 0 Å². The number of hydrogen-bond donors (Lipinski definition) is 1. The summed E-state index contributed by atoms with van der Waals surface area (Å²) in [5.41, 5.74) is -0.512. The Morgan fingerprint density at radius 2 is 1.89 bits per heavy atom. The van der Waals surface area contributed by atoms with Crippen LogP contribution >= 0.6 is 15.9 Å². The molecule has 3 rings (SSSR count). The molecule has 0 atom stereocenters. The minimum atomic E-state index is -0.512. The SMILES string of the molecule is CC(C)(C)OC(=O)N1CCC(C(=O)Nc2cc3cc(Br)ccc3cn2)CC1. The third-order valence-electron chi connectivity index (χ3n) is 4.45. The highest BCUT2D eigenvalue weighted by Gasteiger charge is 2.30. The Morgan fingerprint density at radius 3 is 2.56 bits per heavy atom. The summed E-state index contributed by atoms with van der Waals surface area (Å²) in [6, 6.07) is 7.80. The number of fused-ring (bicyclic) bond motifs is 1. The number of rotatable bonds is 2. The van der Waals surface area contributed by atoms with Gasteiger partial charge in [0.1, 0.15) is 11.4 Å². The molecule has 0 unspecified atom stereocenters. The summed E-state index contributed by atoms with van der Waals surface area (Å²) < 4.78 is 6.37. The number of nitrogens with zero attached hydrogens (tertiary/aromatic N) is 2. The van der Waals surface area contributed by atoms with E-state index in [1.54, 1.807) is 11.1 Å². The molecule has 2 aromatic rings. The standard InChI is InChI=1S/C20H24BrN3O3/c1-20(2,3)27-19(26)24-8-6-13(7-9-24)18(25)23-17-11-15-10-16(21)5-4-14(15)12-22-17/h4-5,10-13H,6-9H2,1-3H3,(H,22,23,25). The molecule has 0 bridgehead atoms. The number of piperidine rings is 1. The molecule has 1 aliphatic rings. The fourth-order valence-electron chi connectivity index (χ4n) is 3.06. The quantitative estimate of drug-likeness (QED) is 0.751. The number of pyridine rings is 1. The zero-order valence-corrected chi connectivity index (χ0v) is 17.4. The van der Waals surface area contributed by atoms with E-state index in [4.69, 9.17) is 4.74 Å². The van der Waals surface area contributed by atoms with Crippen molar-refractivity contribution in [3.05, 3.63) is 34.9 Å². The van der Waals surface area contributed by atoms with Gasteiger partial charge in [0, 0.05) is 35.1 Å². The number of aromatic nitrogens is 1. The van der Waals surface area contributed by atoms with Gasteiger partial charge in [0.05, 0.1) is 0 Å². The van der Waals surface area contributed by atoms with Gasteiger partial charge in [-0.05, 0) is 57.2 Å². The maximum atomic E-state index is 12.6. The largest absolute Gasteiger partial charge is 0.444 e. The molecule has 1 saturated heterocycles. The third kappa shape index (κ3) is 5.19. The van der Waals surface area contributed by atoms with Crippen molar-refractivity contribution in [3.8, 4) is 0 Å². The number of amides is 2. The number of hydrogen-bond acceptors (Lipinski definition) is 4. The average Bonchev–Trinajstić information content (AvgIpc) is 2.60. The van der Waals surface area contributed by atoms with Gasteiger partial charge in [-0.2, -0.15) is 0 Å². The topological polar surface area (TPSA) is 71.5 Å². The molecule has 0 radical (unpaired) electrons. The van der Waals surface area contributed by atoms with Crippen LogP contribution in [-0.4, -0.2) is 40.6 Å². The minimum Gasteiger partial charge on any atom is -0.444 e. The summed E-state index contributed by atoms with van der Waals surface area (Å²) in [6.45, 7) is 6.58. The highest BCUT2D eigenvalue weighted by atomic mass is 79.9. The molecule has 2 amide bonds. The maximum Gasteiger partial charge on any atom is 0.410 e. The lowest BCUT2D eigenvalue weighted by molar-refractivity contribution is -0.121. The summed E-state index contributed by atoms with van der Waals surface area (Å²) in [5.74, 6) is 0.351. The summed E-state index contributed by atoms with van der Waals surface area (Å²) in [5, 5.41) is 4.93. The number of benzene rings is 1. The van der Waals surface area contributed by atoms with Crippen molar-refractivity contribution in [2.75, 3.05) is 18.4 Å². The molecule has 0 saturated carbocycles. The van der Waals surface area contributed by atoms with Crippen molar-refractivity contribution in [1.82, 2.24) is 9.88 Å². The second-order valence-electron chi connectivity index (χ2n) is 7.79. The van der Waals surface area contributed by atoms with Crippen molar-refractivity contribution in [1.29, 1.82) is 0 Å². The van der Waals surface area contributed by atoms with Crippen molar-refractivity contribution >= 4 is 44.5 Å². The molecule has 6 nitrogen and oxygen atoms in total. The van der Waals surface area contributed by atoms with Gasteiger partial charge in [-0.15, -0.1) is 0 Å². The summed E-state index contributed by atoms with van der Waals surface area (Å²) >= 11 is 3.46. The van der Waals surface area contributed by atoms with E-state index in [1.807, 2.05) is 45.0 Å². The van der Waals surface area contributed by atoms with E-state index in [0.717, 1.165) is 15.2 Å². The number of nitrogens with one attached hydrogen (secondary N) is 1. The molecular weight excluding hydrogens is 410 g/mol. The van der Waals surface area contributed by atoms with Gasteiger partial charge in [0.2, 0.25) is 5.91 Å². The van der Waals surface area contributed by atoms with Crippen LogP contribution in [0.4, 0.5) is 10.6 Å². The zero-order chi connectivity index (χ0) is 19.6. The van der Waals surface area contributed by atoms with Crippen molar-refractivity contribution in [2.24, 2.45) is 5.92 Å². The summed E-state index contributed by atoms with van der Waals surface area (Å²) in [4.78, 5) is 30.7. The Hall–Kier alpha value is -2.15. The fourth-order valence-corrected chi connectivity index (χ4v) is 3.44. The van der Waals surface area contributed by atoms with E-state index in [-0.39, 0.29) is 17.9 Å². The van der Waals surface area contributed by atoms with Crippen LogP contribution in [-0.2, 0) is 9.53 Å². The number of halogens is 1. The van der Waals surface area contributed by atoms with Gasteiger partial charge in [0.25, 0.3) is 0 Å². The van der Waals surface area contributed by atoms with Crippen LogP contribution in [0.1, 0.15) is 33.6 Å². The summed E-state index contributed by atoms with van der Waals surface area (Å²) in [6.07, 6.45) is 2.67. The number of ether oxygens (including phenoxy) is 1. The number of carbonyl (C=O) groups is 2. The third-order valence-corrected chi connectivity index (χ3v) is 4.95. The van der Waals surface area contributed by atoms with Gasteiger partial charge in [-0.3, -0.25) is 4.79 Å². The van der Waals surface area contributed by atoms with E-state index in [9.17, 15) is 9.59 Å². The van der Waals surface area contributed by atoms with Crippen LogP contribution in [0, 0.1) is 5.92 Å². The summed E-state index contributed by atoms with van der Waals surface area (Å²) in [7, 11) is 0. The van der Waals surface area contributed by atoms with E-state index >= 15 is 0 Å². The fraction of sp³-hybridized carbons (Fsp3) is 0.450. The predicted molar refractivity (Wildman–Crippen MR) is 109 cm³/mol. The maximum absolute atomic E-state index is 12.6. The highest BCUT2D eigenvalue weighted by Crippen LogP contribution is 2.24. The molecule has 1 N–H and O–H groups in total. The number of likely N-dealkylation sites (tertiary alicyclic amines) is 1. The Morgan fingerprint density at radius 1 is 1.19 bits per heavy atom. The molecule has 1 fully saturated rings. The zero-order valence-electron chi connectivity index (χ0n) is 15.8. The Balaban J connectivity index is 1.57. The van der Waals surface area contributed by atoms with Gasteiger partial charge in [-0.1, -0.05) is 22.0 Å². The van der Waals surface area contributed by atoms with Crippen LogP contribution < -0.4 is 5.32 Å². The van der Waals surface area contributed by atoms with Gasteiger partial charge >= 0.3 is 6.09 Å². The lowest BCUT2D eigenvalue weighted by Gasteiger charge is -2.32. The van der Waals surface area contributed by atoms with E-state index in [2.05, 4.69) is 26.2 Å². The first-order valence-corrected chi connectivity index (χ1v) is 9.85. The van der Waals surface area contributed by atoms with Crippen LogP contribution in [0.15, 0.2) is 34.9 Å². The van der Waals surface area contributed by atoms with Crippen molar-refractivity contribution < 1.29 is 14.3 Å². The number of carbonyl (C=O) groups excluding carboxylic acids is 2. The molecule has 1 aliphatic heterocycles. The van der Waals surface area contributed by atoms with Crippen LogP contribution in [0.25, 0.3) is 10.8 Å². The van der Waals surface area contributed by atoms with Gasteiger partial charge in [-0.25, -0.2) is 9.78 Å². The lowest BCUT2D eigenvalue weighted by Crippen LogP contribution is -2.43. The molecule has 0 aliphatic carbocycles. The molecular formula is C20H24BrN3O3. The Kier molecular flexibility index (Phi) is 5.69. The molecule has 27 heavy (non-hydrogen) atoms. The first-order chi connectivity index (χ1) is 12.7. The van der Waals surface area contributed by atoms with E-state index in [1.165, 1.54) is 0 Å². The molecule has 1 aromatic carbocycles. The second kappa shape index (κ2) is 7.84. The van der Waals surface area contributed by atoms with Crippen molar-refractivity contribution in [2.45, 2.75) is 39.2 Å². The number of anilines is 1. The molecule has 144 valence electrons. The first kappa shape index (κ1) is 19.6. The molecule has 2 heterocycles. The van der Waals surface area contributed by atoms with Gasteiger partial charge in [0.15, 0.2) is 0 Å². The molecule has 1 aromatic heterocycles. The second-order valence-corrected chi connectivity index (χ2v) is 8.71. The Bertz CT molecular complexity index is 855. The predicted octanol–water partition coefficient (Wildman–Crippen LogP) is 4.58. The molecule has 7 heteroatoms. The van der Waals surface area contributed by atoms with E-state index in [0.29, 0.717) is 31.7 Å². The average molecular weight is 434 g/mol. The minimum absolute atomic E-state index is 0.0549. The monoisotopic (exact) mass is 433 g/mol. The van der Waals surface area contributed by atoms with Crippen molar-refractivity contribution in [3.63, 3.8) is 0 Å². The highest BCUT2D eigenvalue weighted by molar-refractivity contribution is 9.10. The molecule has 0 spiro atoms. The van der Waals surface area contributed by atoms with Crippen LogP contribution in [0.2, 0.25) is 0 Å². The van der Waals surface area contributed by atoms with E-state index < -0.39 is 5.60 Å². The smallest absolute Gasteiger partial charge is 0.410 e. The van der Waals surface area contributed by atoms with Gasteiger partial charge < -0.3 is 15.0 Å². The normalized spacial score (nSPS) is 15.6. The van der Waals surface area contributed by atoms with Crippen LogP contribution in [0.3, 0.4) is 0 Å². The first-order valence-electron chi connectivity index (χ1n) is 9.05.